The number of nitrogens with zero attached hydrogens (tertiary/aromatic N) is 1. The lowest BCUT2D eigenvalue weighted by molar-refractivity contribution is -0.116. The van der Waals surface area contributed by atoms with Crippen LogP contribution in [0.4, 0.5) is 0 Å². The van der Waals surface area contributed by atoms with Crippen LogP contribution < -0.4 is 10.0 Å². The van der Waals surface area contributed by atoms with Gasteiger partial charge in [-0.3, -0.25) is 4.79 Å². The number of aromatic nitrogens is 1. The van der Waals surface area contributed by atoms with Gasteiger partial charge >= 0.3 is 0 Å². The molecule has 0 aliphatic rings. The molecular weight excluding hydrogens is 422 g/mol. The highest BCUT2D eigenvalue weighted by Gasteiger charge is 2.10. The Kier molecular flexibility index (Phi) is 7.33. The van der Waals surface area contributed by atoms with Gasteiger partial charge in [0.05, 0.1) is 5.75 Å². The van der Waals surface area contributed by atoms with Crippen molar-refractivity contribution in [1.29, 1.82) is 0 Å². The maximum Gasteiger partial charge on any atom is 0.244 e. The van der Waals surface area contributed by atoms with E-state index in [0.29, 0.717) is 12.1 Å². The van der Waals surface area contributed by atoms with Crippen molar-refractivity contribution in [1.82, 2.24) is 14.6 Å². The summed E-state index contributed by atoms with van der Waals surface area (Å²) in [5.41, 5.74) is 7.07. The highest BCUT2D eigenvalue weighted by Crippen LogP contribution is 2.22. The molecule has 0 aliphatic heterocycles. The monoisotopic (exact) mass is 451 g/mol. The zero-order valence-corrected chi connectivity index (χ0v) is 19.7. The van der Waals surface area contributed by atoms with Gasteiger partial charge in [-0.15, -0.1) is 0 Å². The van der Waals surface area contributed by atoms with Crippen molar-refractivity contribution in [2.45, 2.75) is 33.1 Å². The summed E-state index contributed by atoms with van der Waals surface area (Å²) in [4.78, 5) is 12.3. The number of nitrogens with one attached hydrogen (secondary N) is 2. The summed E-state index contributed by atoms with van der Waals surface area (Å²) in [7, 11) is -1.90. The fraction of sp³-hybridized carbons (Fsp3) is 0.240. The molecular formula is C25H29N3O3S. The van der Waals surface area contributed by atoms with Gasteiger partial charge < -0.3 is 9.88 Å². The molecule has 168 valence electrons. The molecule has 0 atom stereocenters. The second kappa shape index (κ2) is 9.97. The predicted molar refractivity (Wildman–Crippen MR) is 129 cm³/mol. The second-order valence-corrected chi connectivity index (χ2v) is 9.75. The normalized spacial score (nSPS) is 11.8. The standard InChI is InChI=1S/C25H29N3O3S/c1-18-5-12-24(13-6-18)28-19(2)15-23(20(28)3)11-14-25(29)27-16-21-7-9-22(10-8-21)17-32(30,31)26-4/h5-15,26H,16-17H2,1-4H3,(H,27,29)/b14-11+. The summed E-state index contributed by atoms with van der Waals surface area (Å²) in [6, 6.07) is 17.6. The summed E-state index contributed by atoms with van der Waals surface area (Å²) < 4.78 is 27.7. The number of aryl methyl sites for hydroxylation is 2. The number of hydrogen-bond donors (Lipinski definition) is 2. The quantitative estimate of drug-likeness (QED) is 0.512. The third-order valence-corrected chi connectivity index (χ3v) is 6.67. The number of amides is 1. The van der Waals surface area contributed by atoms with E-state index in [0.717, 1.165) is 28.2 Å². The SMILES string of the molecule is CNS(=O)(=O)Cc1ccc(CNC(=O)/C=C/c2cc(C)n(-c3ccc(C)cc3)c2C)cc1. The van der Waals surface area contributed by atoms with Crippen LogP contribution >= 0.6 is 0 Å². The molecule has 32 heavy (non-hydrogen) atoms. The molecule has 1 aromatic heterocycles. The summed E-state index contributed by atoms with van der Waals surface area (Å²) in [5.74, 6) is -0.258. The van der Waals surface area contributed by atoms with Crippen LogP contribution in [0.3, 0.4) is 0 Å². The lowest BCUT2D eigenvalue weighted by Crippen LogP contribution is -2.21. The molecule has 7 heteroatoms. The first-order valence-electron chi connectivity index (χ1n) is 10.4. The van der Waals surface area contributed by atoms with Crippen LogP contribution in [0.2, 0.25) is 0 Å². The van der Waals surface area contributed by atoms with E-state index in [1.54, 1.807) is 12.1 Å². The van der Waals surface area contributed by atoms with Crippen molar-refractivity contribution in [3.05, 3.63) is 94.3 Å². The molecule has 1 heterocycles. The lowest BCUT2D eigenvalue weighted by Gasteiger charge is -2.10. The van der Waals surface area contributed by atoms with Crippen molar-refractivity contribution in [2.24, 2.45) is 0 Å². The van der Waals surface area contributed by atoms with Crippen LogP contribution in [0.5, 0.6) is 0 Å². The summed E-state index contributed by atoms with van der Waals surface area (Å²) in [6.45, 7) is 6.52. The molecule has 0 saturated heterocycles. The number of carbonyl (C=O) groups excluding carboxylic acids is 1. The van der Waals surface area contributed by atoms with E-state index in [4.69, 9.17) is 0 Å². The first-order chi connectivity index (χ1) is 15.2. The van der Waals surface area contributed by atoms with Gasteiger partial charge in [0.25, 0.3) is 0 Å². The highest BCUT2D eigenvalue weighted by molar-refractivity contribution is 7.88. The Balaban J connectivity index is 1.61. The molecule has 0 bridgehead atoms. The van der Waals surface area contributed by atoms with Crippen LogP contribution in [0, 0.1) is 20.8 Å². The Morgan fingerprint density at radius 1 is 0.969 bits per heavy atom. The topological polar surface area (TPSA) is 80.2 Å². The minimum Gasteiger partial charge on any atom is -0.348 e. The molecule has 1 amide bonds. The molecule has 0 aliphatic carbocycles. The summed E-state index contributed by atoms with van der Waals surface area (Å²) in [5, 5.41) is 2.86. The molecule has 3 rings (SSSR count). The van der Waals surface area contributed by atoms with Gasteiger partial charge in [-0.05, 0) is 68.8 Å². The van der Waals surface area contributed by atoms with E-state index in [-0.39, 0.29) is 11.7 Å². The molecule has 2 N–H and O–H groups in total. The average Bonchev–Trinajstić information content (AvgIpc) is 3.05. The number of sulfonamides is 1. The second-order valence-electron chi connectivity index (χ2n) is 7.83. The minimum absolute atomic E-state index is 0.0696. The van der Waals surface area contributed by atoms with E-state index in [9.17, 15) is 13.2 Å². The lowest BCUT2D eigenvalue weighted by atomic mass is 10.1. The third-order valence-electron chi connectivity index (χ3n) is 5.33. The number of rotatable bonds is 8. The number of hydrogen-bond acceptors (Lipinski definition) is 3. The van der Waals surface area contributed by atoms with Gasteiger partial charge in [-0.25, -0.2) is 13.1 Å². The van der Waals surface area contributed by atoms with Crippen molar-refractivity contribution >= 4 is 22.0 Å². The van der Waals surface area contributed by atoms with E-state index < -0.39 is 10.0 Å². The zero-order valence-electron chi connectivity index (χ0n) is 18.8. The van der Waals surface area contributed by atoms with Gasteiger partial charge in [-0.2, -0.15) is 0 Å². The molecule has 0 spiro atoms. The maximum absolute atomic E-state index is 12.3. The van der Waals surface area contributed by atoms with Gasteiger partial charge in [0, 0.05) is 29.7 Å². The Hall–Kier alpha value is -3.16. The van der Waals surface area contributed by atoms with Gasteiger partial charge in [0.1, 0.15) is 0 Å². The van der Waals surface area contributed by atoms with Gasteiger partial charge in [0.2, 0.25) is 15.9 Å². The molecule has 0 fully saturated rings. The molecule has 3 aromatic rings. The first kappa shape index (κ1) is 23.5. The predicted octanol–water partition coefficient (Wildman–Crippen LogP) is 3.78. The van der Waals surface area contributed by atoms with Crippen molar-refractivity contribution in [3.63, 3.8) is 0 Å². The Labute approximate surface area is 190 Å². The van der Waals surface area contributed by atoms with E-state index in [2.05, 4.69) is 58.8 Å². The van der Waals surface area contributed by atoms with Crippen LogP contribution in [0.1, 0.15) is 33.6 Å². The van der Waals surface area contributed by atoms with E-state index >= 15 is 0 Å². The van der Waals surface area contributed by atoms with Crippen molar-refractivity contribution in [2.75, 3.05) is 7.05 Å². The Morgan fingerprint density at radius 3 is 2.22 bits per heavy atom. The maximum atomic E-state index is 12.3. The molecule has 0 unspecified atom stereocenters. The minimum atomic E-state index is -3.30. The summed E-state index contributed by atoms with van der Waals surface area (Å²) >= 11 is 0. The van der Waals surface area contributed by atoms with E-state index in [1.807, 2.05) is 25.1 Å². The molecule has 6 nitrogen and oxygen atoms in total. The molecule has 2 aromatic carbocycles. The van der Waals surface area contributed by atoms with Crippen molar-refractivity contribution < 1.29 is 13.2 Å². The smallest absolute Gasteiger partial charge is 0.244 e. The van der Waals surface area contributed by atoms with Gasteiger partial charge in [-0.1, -0.05) is 42.0 Å². The fourth-order valence-electron chi connectivity index (χ4n) is 3.51. The molecule has 0 saturated carbocycles. The molecule has 0 radical (unpaired) electrons. The third kappa shape index (κ3) is 5.96. The van der Waals surface area contributed by atoms with Gasteiger partial charge in [0.15, 0.2) is 0 Å². The van der Waals surface area contributed by atoms with Crippen LogP contribution in [-0.4, -0.2) is 25.9 Å². The average molecular weight is 452 g/mol. The highest BCUT2D eigenvalue weighted by atomic mass is 32.2. The Bertz CT molecular complexity index is 1220. The number of carbonyl (C=O) groups is 1. The largest absolute Gasteiger partial charge is 0.348 e. The number of benzene rings is 2. The zero-order chi connectivity index (χ0) is 23.3. The van der Waals surface area contributed by atoms with Crippen LogP contribution in [0.15, 0.2) is 60.7 Å². The van der Waals surface area contributed by atoms with Crippen LogP contribution in [-0.2, 0) is 27.1 Å². The van der Waals surface area contributed by atoms with E-state index in [1.165, 1.54) is 18.7 Å². The fourth-order valence-corrected chi connectivity index (χ4v) is 4.28. The Morgan fingerprint density at radius 2 is 1.59 bits per heavy atom. The van der Waals surface area contributed by atoms with Crippen molar-refractivity contribution in [3.8, 4) is 5.69 Å². The first-order valence-corrected chi connectivity index (χ1v) is 12.0. The van der Waals surface area contributed by atoms with Crippen LogP contribution in [0.25, 0.3) is 11.8 Å². The summed E-state index contributed by atoms with van der Waals surface area (Å²) in [6.07, 6.45) is 3.36.